The van der Waals surface area contributed by atoms with Gasteiger partial charge in [-0.25, -0.2) is 0 Å². The second-order valence-corrected chi connectivity index (χ2v) is 5.29. The lowest BCUT2D eigenvalue weighted by molar-refractivity contribution is 0.0733. The topological polar surface area (TPSA) is 32.3 Å². The number of halogens is 1. The van der Waals surface area contributed by atoms with E-state index in [9.17, 15) is 4.79 Å². The third kappa shape index (κ3) is 2.63. The summed E-state index contributed by atoms with van der Waals surface area (Å²) in [5, 5.41) is 3.32. The molecule has 3 nitrogen and oxygen atoms in total. The van der Waals surface area contributed by atoms with Crippen LogP contribution in [-0.2, 0) is 13.1 Å². The first-order valence-electron chi connectivity index (χ1n) is 6.93. The van der Waals surface area contributed by atoms with Crippen molar-refractivity contribution in [3.05, 3.63) is 34.9 Å². The van der Waals surface area contributed by atoms with E-state index in [-0.39, 0.29) is 18.3 Å². The van der Waals surface area contributed by atoms with Gasteiger partial charge in [0, 0.05) is 31.2 Å². The van der Waals surface area contributed by atoms with Crippen LogP contribution < -0.4 is 5.32 Å². The SMILES string of the molecule is CCC1CCCN1C(=O)c1ccc2c(c1)CNC2.Cl. The molecular weight excluding hydrogens is 260 g/mol. The van der Waals surface area contributed by atoms with Gasteiger partial charge in [0.1, 0.15) is 0 Å². The van der Waals surface area contributed by atoms with Crippen LogP contribution in [0.25, 0.3) is 0 Å². The van der Waals surface area contributed by atoms with E-state index < -0.39 is 0 Å². The fourth-order valence-corrected chi connectivity index (χ4v) is 3.12. The fourth-order valence-electron chi connectivity index (χ4n) is 3.12. The van der Waals surface area contributed by atoms with Gasteiger partial charge in [-0.1, -0.05) is 13.0 Å². The molecule has 1 amide bonds. The van der Waals surface area contributed by atoms with Crippen LogP contribution in [0.3, 0.4) is 0 Å². The molecule has 0 aliphatic carbocycles. The Balaban J connectivity index is 0.00000133. The van der Waals surface area contributed by atoms with E-state index >= 15 is 0 Å². The Morgan fingerprint density at radius 1 is 1.37 bits per heavy atom. The lowest BCUT2D eigenvalue weighted by Gasteiger charge is -2.23. The third-order valence-corrected chi connectivity index (χ3v) is 4.19. The van der Waals surface area contributed by atoms with E-state index in [1.54, 1.807) is 0 Å². The fraction of sp³-hybridized carbons (Fsp3) is 0.533. The van der Waals surface area contributed by atoms with E-state index in [0.717, 1.165) is 44.5 Å². The Hall–Kier alpha value is -1.06. The smallest absolute Gasteiger partial charge is 0.254 e. The van der Waals surface area contributed by atoms with Gasteiger partial charge >= 0.3 is 0 Å². The van der Waals surface area contributed by atoms with E-state index in [1.807, 2.05) is 6.07 Å². The molecule has 0 aromatic heterocycles. The lowest BCUT2D eigenvalue weighted by atomic mass is 10.0. The van der Waals surface area contributed by atoms with Gasteiger partial charge in [-0.05, 0) is 42.5 Å². The van der Waals surface area contributed by atoms with Crippen molar-refractivity contribution in [2.24, 2.45) is 0 Å². The Labute approximate surface area is 120 Å². The molecular formula is C15H21ClN2O. The van der Waals surface area contributed by atoms with Crippen molar-refractivity contribution in [1.29, 1.82) is 0 Å². The van der Waals surface area contributed by atoms with E-state index in [1.165, 1.54) is 11.1 Å². The molecule has 0 saturated carbocycles. The molecule has 4 heteroatoms. The van der Waals surface area contributed by atoms with Crippen LogP contribution in [0, 0.1) is 0 Å². The molecule has 3 rings (SSSR count). The summed E-state index contributed by atoms with van der Waals surface area (Å²) in [6.45, 7) is 4.92. The number of nitrogens with one attached hydrogen (secondary N) is 1. The van der Waals surface area contributed by atoms with Crippen molar-refractivity contribution in [2.75, 3.05) is 6.54 Å². The number of amides is 1. The molecule has 1 unspecified atom stereocenters. The molecule has 104 valence electrons. The minimum atomic E-state index is 0. The van der Waals surface area contributed by atoms with Crippen molar-refractivity contribution >= 4 is 18.3 Å². The quantitative estimate of drug-likeness (QED) is 0.903. The summed E-state index contributed by atoms with van der Waals surface area (Å²) in [4.78, 5) is 14.6. The summed E-state index contributed by atoms with van der Waals surface area (Å²) in [5.41, 5.74) is 3.48. The Kier molecular flexibility index (Phi) is 4.48. The van der Waals surface area contributed by atoms with Crippen LogP contribution in [0.1, 0.15) is 47.7 Å². The monoisotopic (exact) mass is 280 g/mol. The number of carbonyl (C=O) groups excluding carboxylic acids is 1. The van der Waals surface area contributed by atoms with Crippen LogP contribution >= 0.6 is 12.4 Å². The van der Waals surface area contributed by atoms with Crippen LogP contribution in [0.5, 0.6) is 0 Å². The van der Waals surface area contributed by atoms with Gasteiger partial charge < -0.3 is 10.2 Å². The third-order valence-electron chi connectivity index (χ3n) is 4.19. The Morgan fingerprint density at radius 2 is 2.16 bits per heavy atom. The van der Waals surface area contributed by atoms with Gasteiger partial charge in [0.25, 0.3) is 5.91 Å². The largest absolute Gasteiger partial charge is 0.336 e. The highest BCUT2D eigenvalue weighted by molar-refractivity contribution is 5.95. The summed E-state index contributed by atoms with van der Waals surface area (Å²) < 4.78 is 0. The number of nitrogens with zero attached hydrogens (tertiary/aromatic N) is 1. The molecule has 1 aromatic carbocycles. The molecule has 0 radical (unpaired) electrons. The van der Waals surface area contributed by atoms with Gasteiger partial charge in [-0.3, -0.25) is 4.79 Å². The highest BCUT2D eigenvalue weighted by Crippen LogP contribution is 2.24. The second-order valence-electron chi connectivity index (χ2n) is 5.29. The maximum Gasteiger partial charge on any atom is 0.254 e. The first kappa shape index (κ1) is 14.4. The summed E-state index contributed by atoms with van der Waals surface area (Å²) in [6, 6.07) is 6.60. The zero-order valence-corrected chi connectivity index (χ0v) is 12.1. The van der Waals surface area contributed by atoms with E-state index in [0.29, 0.717) is 6.04 Å². The Morgan fingerprint density at radius 3 is 2.95 bits per heavy atom. The van der Waals surface area contributed by atoms with Crippen molar-refractivity contribution < 1.29 is 4.79 Å². The van der Waals surface area contributed by atoms with Crippen LogP contribution in [-0.4, -0.2) is 23.4 Å². The highest BCUT2D eigenvalue weighted by atomic mass is 35.5. The zero-order valence-electron chi connectivity index (χ0n) is 11.3. The summed E-state index contributed by atoms with van der Waals surface area (Å²) >= 11 is 0. The molecule has 1 atom stereocenters. The van der Waals surface area contributed by atoms with Crippen molar-refractivity contribution in [3.8, 4) is 0 Å². The number of likely N-dealkylation sites (tertiary alicyclic amines) is 1. The van der Waals surface area contributed by atoms with Gasteiger partial charge in [0.05, 0.1) is 0 Å². The molecule has 19 heavy (non-hydrogen) atoms. The first-order valence-corrected chi connectivity index (χ1v) is 6.93. The van der Waals surface area contributed by atoms with Gasteiger partial charge in [0.2, 0.25) is 0 Å². The zero-order chi connectivity index (χ0) is 12.5. The number of benzene rings is 1. The lowest BCUT2D eigenvalue weighted by Crippen LogP contribution is -2.35. The second kappa shape index (κ2) is 5.93. The minimum absolute atomic E-state index is 0. The standard InChI is InChI=1S/C15H20N2O.ClH/c1-2-14-4-3-7-17(14)15(18)11-5-6-12-9-16-10-13(12)8-11;/h5-6,8,14,16H,2-4,7,9-10H2,1H3;1H. The number of hydrogen-bond acceptors (Lipinski definition) is 2. The molecule has 1 saturated heterocycles. The predicted molar refractivity (Wildman–Crippen MR) is 78.6 cm³/mol. The molecule has 2 heterocycles. The maximum atomic E-state index is 12.5. The van der Waals surface area contributed by atoms with Crippen LogP contribution in [0.15, 0.2) is 18.2 Å². The highest BCUT2D eigenvalue weighted by Gasteiger charge is 2.28. The van der Waals surface area contributed by atoms with Gasteiger partial charge in [-0.15, -0.1) is 12.4 Å². The van der Waals surface area contributed by atoms with E-state index in [4.69, 9.17) is 0 Å². The molecule has 1 N–H and O–H groups in total. The normalized spacial score (nSPS) is 21.1. The molecule has 1 aromatic rings. The molecule has 0 spiro atoms. The van der Waals surface area contributed by atoms with Gasteiger partial charge in [-0.2, -0.15) is 0 Å². The predicted octanol–water partition coefficient (Wildman–Crippen LogP) is 2.73. The van der Waals surface area contributed by atoms with Crippen LogP contribution in [0.4, 0.5) is 0 Å². The molecule has 1 fully saturated rings. The van der Waals surface area contributed by atoms with Gasteiger partial charge in [0.15, 0.2) is 0 Å². The minimum Gasteiger partial charge on any atom is -0.336 e. The Bertz CT molecular complexity index is 475. The first-order chi connectivity index (χ1) is 8.79. The molecule has 0 bridgehead atoms. The van der Waals surface area contributed by atoms with Crippen molar-refractivity contribution in [2.45, 2.75) is 45.3 Å². The van der Waals surface area contributed by atoms with Crippen molar-refractivity contribution in [1.82, 2.24) is 10.2 Å². The number of carbonyl (C=O) groups is 1. The molecule has 2 aliphatic rings. The molecule has 2 aliphatic heterocycles. The average molecular weight is 281 g/mol. The summed E-state index contributed by atoms with van der Waals surface area (Å²) in [6.07, 6.45) is 3.38. The maximum absolute atomic E-state index is 12.5. The summed E-state index contributed by atoms with van der Waals surface area (Å²) in [5.74, 6) is 0.217. The van der Waals surface area contributed by atoms with Crippen molar-refractivity contribution in [3.63, 3.8) is 0 Å². The van der Waals surface area contributed by atoms with Crippen LogP contribution in [0.2, 0.25) is 0 Å². The number of fused-ring (bicyclic) bond motifs is 1. The number of hydrogen-bond donors (Lipinski definition) is 1. The summed E-state index contributed by atoms with van der Waals surface area (Å²) in [7, 11) is 0. The van der Waals surface area contributed by atoms with E-state index in [2.05, 4.69) is 29.3 Å². The average Bonchev–Trinajstić information content (AvgIpc) is 3.05. The number of rotatable bonds is 2.